The number of benzene rings is 1. The van der Waals surface area contributed by atoms with Gasteiger partial charge in [-0.25, -0.2) is 4.79 Å². The van der Waals surface area contributed by atoms with Gasteiger partial charge in [0.1, 0.15) is 11.3 Å². The van der Waals surface area contributed by atoms with Crippen LogP contribution in [0.4, 0.5) is 0 Å². The van der Waals surface area contributed by atoms with Crippen molar-refractivity contribution in [1.82, 2.24) is 0 Å². The molecule has 0 radical (unpaired) electrons. The number of methoxy groups -OCH3 is 2. The van der Waals surface area contributed by atoms with Crippen molar-refractivity contribution < 1.29 is 28.9 Å². The molecular weight excluding hydrogens is 228 g/mol. The molecule has 6 nitrogen and oxygen atoms in total. The Balaban J connectivity index is 2.96. The van der Waals surface area contributed by atoms with Crippen LogP contribution in [-0.2, 0) is 0 Å². The molecule has 0 unspecified atom stereocenters. The molecule has 1 aromatic carbocycles. The van der Waals surface area contributed by atoms with Crippen LogP contribution in [0.15, 0.2) is 16.7 Å². The van der Waals surface area contributed by atoms with Crippen LogP contribution < -0.4 is 9.47 Å². The molecule has 0 spiro atoms. The number of rotatable bonds is 3. The maximum atomic E-state index is 11.1. The molecule has 0 fully saturated rings. The van der Waals surface area contributed by atoms with Gasteiger partial charge in [0, 0.05) is 0 Å². The van der Waals surface area contributed by atoms with Crippen LogP contribution in [0.1, 0.15) is 10.4 Å². The third-order valence-corrected chi connectivity index (χ3v) is 2.42. The summed E-state index contributed by atoms with van der Waals surface area (Å²) in [4.78, 5) is 11.1. The highest BCUT2D eigenvalue weighted by Crippen LogP contribution is 2.45. The normalized spacial score (nSPS) is 10.5. The topological polar surface area (TPSA) is 89.1 Å². The summed E-state index contributed by atoms with van der Waals surface area (Å²) in [5, 5.41) is 19.3. The van der Waals surface area contributed by atoms with Crippen LogP contribution in [0.25, 0.3) is 11.0 Å². The smallest absolute Gasteiger partial charge is 0.343 e. The van der Waals surface area contributed by atoms with E-state index in [4.69, 9.17) is 19.0 Å². The Bertz CT molecular complexity index is 583. The predicted molar refractivity (Wildman–Crippen MR) is 57.9 cm³/mol. The monoisotopic (exact) mass is 238 g/mol. The summed E-state index contributed by atoms with van der Waals surface area (Å²) >= 11 is 0. The summed E-state index contributed by atoms with van der Waals surface area (Å²) in [7, 11) is 2.63. The Hall–Kier alpha value is -2.37. The third kappa shape index (κ3) is 1.45. The number of ether oxygens (including phenoxy) is 2. The molecule has 2 rings (SSSR count). The lowest BCUT2D eigenvalue weighted by atomic mass is 10.1. The number of hydrogen-bond acceptors (Lipinski definition) is 5. The zero-order chi connectivity index (χ0) is 12.6. The van der Waals surface area contributed by atoms with Gasteiger partial charge in [-0.3, -0.25) is 0 Å². The molecule has 1 aromatic heterocycles. The minimum absolute atomic E-state index is 0.0248. The number of carbonyl (C=O) groups is 1. The highest BCUT2D eigenvalue weighted by Gasteiger charge is 2.26. The second-order valence-corrected chi connectivity index (χ2v) is 3.26. The van der Waals surface area contributed by atoms with Gasteiger partial charge in [0.15, 0.2) is 11.3 Å². The fourth-order valence-electron chi connectivity index (χ4n) is 1.73. The third-order valence-electron chi connectivity index (χ3n) is 2.42. The summed E-state index contributed by atoms with van der Waals surface area (Å²) in [6.07, 6.45) is 1.36. The molecule has 0 aliphatic carbocycles. The zero-order valence-corrected chi connectivity index (χ0v) is 9.18. The number of carboxylic acid groups (broad SMARTS) is 1. The van der Waals surface area contributed by atoms with Crippen LogP contribution in [0.5, 0.6) is 17.2 Å². The van der Waals surface area contributed by atoms with Crippen LogP contribution in [0.3, 0.4) is 0 Å². The number of furan rings is 1. The molecule has 17 heavy (non-hydrogen) atoms. The lowest BCUT2D eigenvalue weighted by molar-refractivity contribution is 0.0689. The molecule has 6 heteroatoms. The zero-order valence-electron chi connectivity index (χ0n) is 9.18. The molecule has 1 heterocycles. The van der Waals surface area contributed by atoms with Crippen molar-refractivity contribution in [2.24, 2.45) is 0 Å². The first-order valence-electron chi connectivity index (χ1n) is 4.69. The fraction of sp³-hybridized carbons (Fsp3) is 0.182. The predicted octanol–water partition coefficient (Wildman–Crippen LogP) is 1.85. The van der Waals surface area contributed by atoms with E-state index in [1.807, 2.05) is 0 Å². The maximum absolute atomic E-state index is 11.1. The molecule has 0 aliphatic rings. The summed E-state index contributed by atoms with van der Waals surface area (Å²) in [6, 6.07) is 1.54. The van der Waals surface area contributed by atoms with Crippen molar-refractivity contribution in [3.05, 3.63) is 17.9 Å². The van der Waals surface area contributed by atoms with Crippen LogP contribution in [0.2, 0.25) is 0 Å². The average Bonchev–Trinajstić information content (AvgIpc) is 2.75. The van der Waals surface area contributed by atoms with Gasteiger partial charge in [-0.1, -0.05) is 0 Å². The van der Waals surface area contributed by atoms with E-state index in [0.29, 0.717) is 5.39 Å². The van der Waals surface area contributed by atoms with Crippen molar-refractivity contribution in [2.45, 2.75) is 0 Å². The average molecular weight is 238 g/mol. The molecule has 0 amide bonds. The first kappa shape index (κ1) is 11.1. The quantitative estimate of drug-likeness (QED) is 0.848. The first-order valence-corrected chi connectivity index (χ1v) is 4.69. The van der Waals surface area contributed by atoms with Crippen LogP contribution in [-0.4, -0.2) is 30.4 Å². The molecule has 0 bridgehead atoms. The molecule has 2 aromatic rings. The lowest BCUT2D eigenvalue weighted by Crippen LogP contribution is -2.03. The molecule has 2 N–H and O–H groups in total. The molecule has 90 valence electrons. The molecule has 0 atom stereocenters. The number of phenols is 1. The molecule has 0 saturated carbocycles. The fourth-order valence-corrected chi connectivity index (χ4v) is 1.73. The highest BCUT2D eigenvalue weighted by molar-refractivity contribution is 6.05. The number of aromatic carboxylic acids is 1. The van der Waals surface area contributed by atoms with Crippen molar-refractivity contribution in [1.29, 1.82) is 0 Å². The Morgan fingerprint density at radius 3 is 2.47 bits per heavy atom. The SMILES string of the molecule is COc1c(C(=O)O)c(O)c(OC)c2occc12. The Morgan fingerprint density at radius 2 is 1.94 bits per heavy atom. The van der Waals surface area contributed by atoms with Gasteiger partial charge in [0.05, 0.1) is 25.9 Å². The van der Waals surface area contributed by atoms with E-state index >= 15 is 0 Å². The van der Waals surface area contributed by atoms with Crippen molar-refractivity contribution in [3.63, 3.8) is 0 Å². The van der Waals surface area contributed by atoms with E-state index in [2.05, 4.69) is 0 Å². The largest absolute Gasteiger partial charge is 0.503 e. The summed E-state index contributed by atoms with van der Waals surface area (Å²) in [5.41, 5.74) is -0.106. The Morgan fingerprint density at radius 1 is 1.29 bits per heavy atom. The number of fused-ring (bicyclic) bond motifs is 1. The molecule has 0 aliphatic heterocycles. The van der Waals surface area contributed by atoms with E-state index in [0.717, 1.165) is 0 Å². The van der Waals surface area contributed by atoms with E-state index in [-0.39, 0.29) is 22.6 Å². The second-order valence-electron chi connectivity index (χ2n) is 3.26. The summed E-state index contributed by atoms with van der Waals surface area (Å²) in [5.74, 6) is -1.80. The van der Waals surface area contributed by atoms with E-state index in [1.54, 1.807) is 6.07 Å². The van der Waals surface area contributed by atoms with Gasteiger partial charge in [-0.15, -0.1) is 0 Å². The first-order chi connectivity index (χ1) is 8.11. The maximum Gasteiger partial charge on any atom is 0.343 e. The molecular formula is C11H10O6. The van der Waals surface area contributed by atoms with Crippen LogP contribution in [0, 0.1) is 0 Å². The van der Waals surface area contributed by atoms with Crippen molar-refractivity contribution in [3.8, 4) is 17.2 Å². The minimum Gasteiger partial charge on any atom is -0.503 e. The standard InChI is InChI=1S/C11H10O6/c1-15-8-5-3-4-17-9(5)10(16-2)7(12)6(8)11(13)14/h3-4,12H,1-2H3,(H,13,14). The van der Waals surface area contributed by atoms with Gasteiger partial charge in [0.2, 0.25) is 5.75 Å². The van der Waals surface area contributed by atoms with Crippen LogP contribution >= 0.6 is 0 Å². The minimum atomic E-state index is -1.30. The number of carboxylic acids is 1. The second kappa shape index (κ2) is 3.89. The van der Waals surface area contributed by atoms with Gasteiger partial charge in [-0.2, -0.15) is 0 Å². The number of aromatic hydroxyl groups is 1. The van der Waals surface area contributed by atoms with Crippen molar-refractivity contribution in [2.75, 3.05) is 14.2 Å². The number of hydrogen-bond donors (Lipinski definition) is 2. The summed E-state index contributed by atoms with van der Waals surface area (Å²) in [6.45, 7) is 0. The summed E-state index contributed by atoms with van der Waals surface area (Å²) < 4.78 is 15.1. The van der Waals surface area contributed by atoms with Crippen molar-refractivity contribution >= 4 is 16.9 Å². The van der Waals surface area contributed by atoms with Gasteiger partial charge in [-0.05, 0) is 6.07 Å². The highest BCUT2D eigenvalue weighted by atomic mass is 16.5. The Kier molecular flexibility index (Phi) is 2.55. The van der Waals surface area contributed by atoms with E-state index < -0.39 is 11.7 Å². The van der Waals surface area contributed by atoms with E-state index in [9.17, 15) is 9.90 Å². The Labute approximate surface area is 96.0 Å². The van der Waals surface area contributed by atoms with Gasteiger partial charge in [0.25, 0.3) is 0 Å². The van der Waals surface area contributed by atoms with E-state index in [1.165, 1.54) is 20.5 Å². The molecule has 0 saturated heterocycles. The van der Waals surface area contributed by atoms with Gasteiger partial charge >= 0.3 is 5.97 Å². The lowest BCUT2D eigenvalue weighted by Gasteiger charge is -2.11. The van der Waals surface area contributed by atoms with Gasteiger partial charge < -0.3 is 24.1 Å².